The molecule has 7 heteroatoms. The van der Waals surface area contributed by atoms with Crippen molar-refractivity contribution in [3.05, 3.63) is 35.4 Å². The van der Waals surface area contributed by atoms with E-state index in [-0.39, 0.29) is 12.1 Å². The predicted molar refractivity (Wildman–Crippen MR) is 85.8 cm³/mol. The van der Waals surface area contributed by atoms with E-state index in [4.69, 9.17) is 4.74 Å². The Balaban J connectivity index is 1.87. The summed E-state index contributed by atoms with van der Waals surface area (Å²) in [5, 5.41) is 10.3. The van der Waals surface area contributed by atoms with E-state index in [1.807, 2.05) is 11.8 Å². The summed E-state index contributed by atoms with van der Waals surface area (Å²) < 4.78 is 44.5. The molecule has 0 bridgehead atoms. The summed E-state index contributed by atoms with van der Waals surface area (Å²) in [5.74, 6) is 0. The average Bonchev–Trinajstić information content (AvgIpc) is 2.56. The van der Waals surface area contributed by atoms with Gasteiger partial charge in [0.25, 0.3) is 0 Å². The third-order valence-electron chi connectivity index (χ3n) is 4.28. The van der Waals surface area contributed by atoms with Crippen LogP contribution in [0, 0.1) is 0 Å². The number of β-amino-alcohol motifs (C(OH)–C–C–N with tert-alkyl or cyclic N) is 1. The normalized spacial score (nSPS) is 18.7. The zero-order valence-corrected chi connectivity index (χ0v) is 13.9. The van der Waals surface area contributed by atoms with Crippen LogP contribution in [0.15, 0.2) is 24.3 Å². The summed E-state index contributed by atoms with van der Waals surface area (Å²) in [7, 11) is 0. The Morgan fingerprint density at radius 2 is 1.75 bits per heavy atom. The SMILES string of the molecule is CCOCCN1CCN(CC(O)c2ccccc2C(F)(F)F)CC1. The number of hydrogen-bond donors (Lipinski definition) is 1. The molecule has 24 heavy (non-hydrogen) atoms. The first-order valence-electron chi connectivity index (χ1n) is 8.28. The fourth-order valence-corrected chi connectivity index (χ4v) is 2.92. The minimum Gasteiger partial charge on any atom is -0.387 e. The quantitative estimate of drug-likeness (QED) is 0.769. The van der Waals surface area contributed by atoms with Gasteiger partial charge < -0.3 is 9.84 Å². The first-order valence-corrected chi connectivity index (χ1v) is 8.28. The molecule has 1 heterocycles. The second kappa shape index (κ2) is 8.80. The number of hydrogen-bond acceptors (Lipinski definition) is 4. The number of halogens is 3. The van der Waals surface area contributed by atoms with Gasteiger partial charge in [-0.1, -0.05) is 18.2 Å². The lowest BCUT2D eigenvalue weighted by Gasteiger charge is -2.35. The molecular formula is C17H25F3N2O2. The van der Waals surface area contributed by atoms with Gasteiger partial charge in [-0.3, -0.25) is 9.80 Å². The molecule has 0 saturated carbocycles. The summed E-state index contributed by atoms with van der Waals surface area (Å²) >= 11 is 0. The first-order chi connectivity index (χ1) is 11.4. The Kier molecular flexibility index (Phi) is 7.03. The van der Waals surface area contributed by atoms with Crippen molar-refractivity contribution >= 4 is 0 Å². The highest BCUT2D eigenvalue weighted by molar-refractivity contribution is 5.31. The molecule has 0 spiro atoms. The van der Waals surface area contributed by atoms with E-state index < -0.39 is 17.8 Å². The molecule has 1 atom stereocenters. The van der Waals surface area contributed by atoms with Crippen LogP contribution in [-0.2, 0) is 10.9 Å². The topological polar surface area (TPSA) is 35.9 Å². The van der Waals surface area contributed by atoms with Gasteiger partial charge in [0.05, 0.1) is 18.3 Å². The molecule has 1 aliphatic rings. The molecule has 1 N–H and O–H groups in total. The minimum absolute atomic E-state index is 0.0521. The van der Waals surface area contributed by atoms with E-state index in [0.29, 0.717) is 13.2 Å². The van der Waals surface area contributed by atoms with E-state index in [1.165, 1.54) is 18.2 Å². The van der Waals surface area contributed by atoms with Crippen molar-refractivity contribution in [2.24, 2.45) is 0 Å². The molecular weight excluding hydrogens is 321 g/mol. The van der Waals surface area contributed by atoms with E-state index in [2.05, 4.69) is 4.90 Å². The third kappa shape index (κ3) is 5.44. The number of piperazine rings is 1. The predicted octanol–water partition coefficient (Wildman–Crippen LogP) is 2.39. The monoisotopic (exact) mass is 346 g/mol. The third-order valence-corrected chi connectivity index (χ3v) is 4.28. The van der Waals surface area contributed by atoms with Gasteiger partial charge in [0.2, 0.25) is 0 Å². The summed E-state index contributed by atoms with van der Waals surface area (Å²) in [4.78, 5) is 4.28. The van der Waals surface area contributed by atoms with Crippen molar-refractivity contribution in [1.82, 2.24) is 9.80 Å². The van der Waals surface area contributed by atoms with Gasteiger partial charge in [0, 0.05) is 45.9 Å². The van der Waals surface area contributed by atoms with Crippen molar-refractivity contribution in [1.29, 1.82) is 0 Å². The van der Waals surface area contributed by atoms with E-state index in [1.54, 1.807) is 0 Å². The molecule has 0 amide bonds. The fraction of sp³-hybridized carbons (Fsp3) is 0.647. The maximum Gasteiger partial charge on any atom is 0.416 e. The van der Waals surface area contributed by atoms with Crippen LogP contribution in [0.3, 0.4) is 0 Å². The number of aliphatic hydroxyl groups is 1. The number of aliphatic hydroxyl groups excluding tert-OH is 1. The smallest absolute Gasteiger partial charge is 0.387 e. The van der Waals surface area contributed by atoms with Gasteiger partial charge >= 0.3 is 6.18 Å². The van der Waals surface area contributed by atoms with Gasteiger partial charge in [-0.2, -0.15) is 13.2 Å². The number of ether oxygens (including phenoxy) is 1. The lowest BCUT2D eigenvalue weighted by atomic mass is 10.0. The Bertz CT molecular complexity index is 503. The maximum atomic E-state index is 13.0. The van der Waals surface area contributed by atoms with Crippen LogP contribution >= 0.6 is 0 Å². The highest BCUT2D eigenvalue weighted by Crippen LogP contribution is 2.34. The standard InChI is InChI=1S/C17H25F3N2O2/c1-2-24-12-11-21-7-9-22(10-8-21)13-16(23)14-5-3-4-6-15(14)17(18,19)20/h3-6,16,23H,2,7-13H2,1H3. The highest BCUT2D eigenvalue weighted by Gasteiger charge is 2.35. The highest BCUT2D eigenvalue weighted by atomic mass is 19.4. The molecule has 1 saturated heterocycles. The van der Waals surface area contributed by atoms with Gasteiger partial charge in [-0.15, -0.1) is 0 Å². The van der Waals surface area contributed by atoms with Crippen LogP contribution in [0.4, 0.5) is 13.2 Å². The number of rotatable bonds is 7. The summed E-state index contributed by atoms with van der Waals surface area (Å²) in [5.41, 5.74) is -0.809. The largest absolute Gasteiger partial charge is 0.416 e. The van der Waals surface area contributed by atoms with Crippen molar-refractivity contribution in [3.63, 3.8) is 0 Å². The van der Waals surface area contributed by atoms with Crippen molar-refractivity contribution in [3.8, 4) is 0 Å². The summed E-state index contributed by atoms with van der Waals surface area (Å²) in [6.07, 6.45) is -5.59. The molecule has 1 fully saturated rings. The minimum atomic E-state index is -4.45. The molecule has 0 aromatic heterocycles. The Hall–Kier alpha value is -1.15. The molecule has 1 aliphatic heterocycles. The Labute approximate surface area is 140 Å². The fourth-order valence-electron chi connectivity index (χ4n) is 2.92. The molecule has 136 valence electrons. The van der Waals surface area contributed by atoms with Crippen LogP contribution in [0.2, 0.25) is 0 Å². The van der Waals surface area contributed by atoms with Gasteiger partial charge in [0.15, 0.2) is 0 Å². The lowest BCUT2D eigenvalue weighted by Crippen LogP contribution is -2.48. The van der Waals surface area contributed by atoms with Crippen LogP contribution < -0.4 is 0 Å². The molecule has 1 unspecified atom stereocenters. The Morgan fingerprint density at radius 1 is 1.12 bits per heavy atom. The number of nitrogens with zero attached hydrogens (tertiary/aromatic N) is 2. The Morgan fingerprint density at radius 3 is 2.38 bits per heavy atom. The molecule has 4 nitrogen and oxygen atoms in total. The molecule has 0 aliphatic carbocycles. The van der Waals surface area contributed by atoms with Crippen molar-refractivity contribution < 1.29 is 23.0 Å². The van der Waals surface area contributed by atoms with Crippen LogP contribution in [0.25, 0.3) is 0 Å². The number of alkyl halides is 3. The molecule has 1 aromatic carbocycles. The van der Waals surface area contributed by atoms with Crippen LogP contribution in [0.1, 0.15) is 24.2 Å². The van der Waals surface area contributed by atoms with Crippen molar-refractivity contribution in [2.75, 3.05) is 52.5 Å². The van der Waals surface area contributed by atoms with Gasteiger partial charge in [-0.05, 0) is 18.6 Å². The van der Waals surface area contributed by atoms with Gasteiger partial charge in [-0.25, -0.2) is 0 Å². The molecule has 0 radical (unpaired) electrons. The zero-order valence-electron chi connectivity index (χ0n) is 13.9. The second-order valence-electron chi connectivity index (χ2n) is 5.94. The van der Waals surface area contributed by atoms with E-state index in [0.717, 1.165) is 38.8 Å². The van der Waals surface area contributed by atoms with E-state index >= 15 is 0 Å². The van der Waals surface area contributed by atoms with Gasteiger partial charge in [0.1, 0.15) is 0 Å². The second-order valence-corrected chi connectivity index (χ2v) is 5.94. The average molecular weight is 346 g/mol. The maximum absolute atomic E-state index is 13.0. The molecule has 2 rings (SSSR count). The first kappa shape index (κ1) is 19.2. The molecule has 1 aromatic rings. The van der Waals surface area contributed by atoms with E-state index in [9.17, 15) is 18.3 Å². The zero-order chi connectivity index (χ0) is 17.6. The number of benzene rings is 1. The summed E-state index contributed by atoms with van der Waals surface area (Å²) in [6.45, 7) is 7.56. The van der Waals surface area contributed by atoms with Crippen LogP contribution in [0.5, 0.6) is 0 Å². The van der Waals surface area contributed by atoms with Crippen LogP contribution in [-0.4, -0.2) is 67.4 Å². The summed E-state index contributed by atoms with van der Waals surface area (Å²) in [6, 6.07) is 5.24. The van der Waals surface area contributed by atoms with Crippen molar-refractivity contribution in [2.45, 2.75) is 19.2 Å². The lowest BCUT2D eigenvalue weighted by molar-refractivity contribution is -0.139.